The first-order chi connectivity index (χ1) is 17.0. The van der Waals surface area contributed by atoms with Crippen molar-refractivity contribution in [2.24, 2.45) is 5.92 Å². The maximum atomic E-state index is 12.7. The van der Waals surface area contributed by atoms with Gasteiger partial charge in [-0.2, -0.15) is 0 Å². The molecule has 2 N–H and O–H groups in total. The van der Waals surface area contributed by atoms with Crippen LogP contribution >= 0.6 is 0 Å². The van der Waals surface area contributed by atoms with Gasteiger partial charge >= 0.3 is 6.09 Å². The Morgan fingerprint density at radius 1 is 1.11 bits per heavy atom. The second kappa shape index (κ2) is 11.5. The van der Waals surface area contributed by atoms with E-state index in [-0.39, 0.29) is 11.7 Å². The molecule has 0 saturated heterocycles. The third-order valence-corrected chi connectivity index (χ3v) is 5.77. The molecule has 0 aliphatic carbocycles. The van der Waals surface area contributed by atoms with E-state index >= 15 is 0 Å². The van der Waals surface area contributed by atoms with E-state index in [0.717, 1.165) is 41.9 Å². The van der Waals surface area contributed by atoms with Gasteiger partial charge in [0.25, 0.3) is 0 Å². The topological polar surface area (TPSA) is 120 Å². The zero-order chi connectivity index (χ0) is 26.5. The highest BCUT2D eigenvalue weighted by Crippen LogP contribution is 2.25. The lowest BCUT2D eigenvalue weighted by Crippen LogP contribution is -2.46. The van der Waals surface area contributed by atoms with Crippen LogP contribution in [0.15, 0.2) is 18.2 Å². The summed E-state index contributed by atoms with van der Waals surface area (Å²) in [5, 5.41) is 14.6. The van der Waals surface area contributed by atoms with Gasteiger partial charge in [-0.3, -0.25) is 9.20 Å². The van der Waals surface area contributed by atoms with Gasteiger partial charge in [0.15, 0.2) is 11.6 Å². The molecule has 10 nitrogen and oxygen atoms in total. The fourth-order valence-electron chi connectivity index (χ4n) is 4.02. The molecule has 0 aliphatic heterocycles. The lowest BCUT2D eigenvalue weighted by molar-refractivity contribution is -0.122. The number of aryl methyl sites for hydroxylation is 1. The second-order valence-electron chi connectivity index (χ2n) is 10.3. The number of amides is 1. The van der Waals surface area contributed by atoms with Gasteiger partial charge in [-0.1, -0.05) is 20.3 Å². The summed E-state index contributed by atoms with van der Waals surface area (Å²) in [6, 6.07) is 5.18. The van der Waals surface area contributed by atoms with Crippen LogP contribution < -0.4 is 15.4 Å². The van der Waals surface area contributed by atoms with E-state index in [4.69, 9.17) is 14.5 Å². The van der Waals surface area contributed by atoms with Crippen molar-refractivity contribution in [2.45, 2.75) is 78.9 Å². The van der Waals surface area contributed by atoms with Gasteiger partial charge in [0, 0.05) is 19.0 Å². The van der Waals surface area contributed by atoms with Crippen molar-refractivity contribution in [2.75, 3.05) is 19.0 Å². The maximum Gasteiger partial charge on any atom is 0.408 e. The van der Waals surface area contributed by atoms with Crippen LogP contribution in [-0.2, 0) is 9.53 Å². The summed E-state index contributed by atoms with van der Waals surface area (Å²) in [7, 11) is 1.63. The van der Waals surface area contributed by atoms with Crippen molar-refractivity contribution in [1.29, 1.82) is 0 Å². The number of nitrogens with zero attached hydrogens (tertiary/aromatic N) is 4. The van der Waals surface area contributed by atoms with Gasteiger partial charge in [0.1, 0.15) is 17.2 Å². The molecule has 0 fully saturated rings. The van der Waals surface area contributed by atoms with E-state index in [0.29, 0.717) is 24.4 Å². The number of ether oxygens (including phenoxy) is 2. The monoisotopic (exact) mass is 498 g/mol. The van der Waals surface area contributed by atoms with Crippen molar-refractivity contribution in [3.63, 3.8) is 0 Å². The lowest BCUT2D eigenvalue weighted by atomic mass is 9.96. The fourth-order valence-corrected chi connectivity index (χ4v) is 4.02. The molecule has 1 aromatic carbocycles. The van der Waals surface area contributed by atoms with Crippen LogP contribution in [-0.4, -0.2) is 56.8 Å². The number of Topliss-reactive ketones (excluding diaryl/α,β-unsaturated/α-hetero) is 1. The van der Waals surface area contributed by atoms with E-state index in [1.807, 2.05) is 43.4 Å². The number of ketones is 1. The molecule has 2 aromatic heterocycles. The number of carbonyl (C=O) groups is 2. The number of unbranched alkanes of at least 4 members (excludes halogenated alkanes) is 2. The Hall–Kier alpha value is -3.43. The minimum absolute atomic E-state index is 0.0155. The van der Waals surface area contributed by atoms with Crippen LogP contribution in [0.3, 0.4) is 0 Å². The van der Waals surface area contributed by atoms with Crippen molar-refractivity contribution in [1.82, 2.24) is 24.9 Å². The fraction of sp³-hybridized carbons (Fsp3) is 0.577. The third kappa shape index (κ3) is 6.83. The molecule has 1 unspecified atom stereocenters. The van der Waals surface area contributed by atoms with Crippen LogP contribution in [0.2, 0.25) is 0 Å². The van der Waals surface area contributed by atoms with E-state index in [2.05, 4.69) is 20.8 Å². The van der Waals surface area contributed by atoms with Crippen LogP contribution in [0.4, 0.5) is 10.6 Å². The number of fused-ring (bicyclic) bond motifs is 3. The largest absolute Gasteiger partial charge is 0.497 e. The zero-order valence-electron chi connectivity index (χ0n) is 22.3. The minimum atomic E-state index is -0.607. The SMILES string of the molecule is COc1ccc2c(c1)nc(NCCCCCC(=O)C(NC(=O)OC(C)(C)C)C(C)C)c1nnc(C)n12. The molecule has 196 valence electrons. The predicted octanol–water partition coefficient (Wildman–Crippen LogP) is 4.69. The quantitative estimate of drug-likeness (QED) is 0.366. The van der Waals surface area contributed by atoms with Crippen molar-refractivity contribution >= 4 is 34.4 Å². The van der Waals surface area contributed by atoms with Crippen molar-refractivity contribution < 1.29 is 19.1 Å². The van der Waals surface area contributed by atoms with Gasteiger partial charge < -0.3 is 20.1 Å². The zero-order valence-corrected chi connectivity index (χ0v) is 22.3. The molecule has 0 aliphatic rings. The smallest absolute Gasteiger partial charge is 0.408 e. The Kier molecular flexibility index (Phi) is 8.70. The molecule has 1 amide bonds. The molecule has 36 heavy (non-hydrogen) atoms. The molecule has 1 atom stereocenters. The number of rotatable bonds is 11. The van der Waals surface area contributed by atoms with Crippen molar-refractivity contribution in [3.05, 3.63) is 24.0 Å². The first-order valence-electron chi connectivity index (χ1n) is 12.5. The van der Waals surface area contributed by atoms with Gasteiger partial charge in [-0.25, -0.2) is 9.78 Å². The van der Waals surface area contributed by atoms with Crippen LogP contribution in [0, 0.1) is 12.8 Å². The normalized spacial score (nSPS) is 12.7. The first kappa shape index (κ1) is 27.2. The Morgan fingerprint density at radius 2 is 1.86 bits per heavy atom. The average molecular weight is 499 g/mol. The van der Waals surface area contributed by atoms with Crippen LogP contribution in [0.25, 0.3) is 16.7 Å². The number of anilines is 1. The summed E-state index contributed by atoms with van der Waals surface area (Å²) in [6.07, 6.45) is 2.30. The maximum absolute atomic E-state index is 12.7. The molecular weight excluding hydrogens is 460 g/mol. The van der Waals surface area contributed by atoms with Gasteiger partial charge in [-0.15, -0.1) is 10.2 Å². The summed E-state index contributed by atoms with van der Waals surface area (Å²) in [4.78, 5) is 29.6. The number of benzene rings is 1. The molecule has 2 heterocycles. The summed E-state index contributed by atoms with van der Waals surface area (Å²) in [5.74, 6) is 2.18. The molecule has 0 spiro atoms. The Balaban J connectivity index is 1.53. The number of aromatic nitrogens is 4. The molecule has 10 heteroatoms. The average Bonchev–Trinajstić information content (AvgIpc) is 3.19. The Bertz CT molecular complexity index is 1210. The summed E-state index contributed by atoms with van der Waals surface area (Å²) in [6.45, 7) is 11.8. The number of hydrogen-bond donors (Lipinski definition) is 2. The molecular formula is C26H38N6O4. The van der Waals surface area contributed by atoms with E-state index in [1.54, 1.807) is 27.9 Å². The number of hydrogen-bond acceptors (Lipinski definition) is 8. The van der Waals surface area contributed by atoms with Crippen LogP contribution in [0.5, 0.6) is 5.75 Å². The van der Waals surface area contributed by atoms with Crippen LogP contribution in [0.1, 0.15) is 66.1 Å². The molecule has 0 saturated carbocycles. The van der Waals surface area contributed by atoms with Gasteiger partial charge in [0.2, 0.25) is 5.65 Å². The third-order valence-electron chi connectivity index (χ3n) is 5.77. The predicted molar refractivity (Wildman–Crippen MR) is 140 cm³/mol. The van der Waals surface area contributed by atoms with Crippen molar-refractivity contribution in [3.8, 4) is 5.75 Å². The summed E-state index contributed by atoms with van der Waals surface area (Å²) < 4.78 is 12.6. The number of nitrogens with one attached hydrogen (secondary N) is 2. The summed E-state index contributed by atoms with van der Waals surface area (Å²) in [5.41, 5.74) is 1.77. The van der Waals surface area contributed by atoms with E-state index < -0.39 is 17.7 Å². The Morgan fingerprint density at radius 3 is 2.53 bits per heavy atom. The molecule has 3 rings (SSSR count). The summed E-state index contributed by atoms with van der Waals surface area (Å²) >= 11 is 0. The van der Waals surface area contributed by atoms with Gasteiger partial charge in [0.05, 0.1) is 24.2 Å². The molecule has 0 radical (unpaired) electrons. The first-order valence-corrected chi connectivity index (χ1v) is 12.5. The standard InChI is InChI=1S/C26H38N6O4/c1-16(2)22(29-25(34)36-26(4,5)6)21(33)11-9-8-10-14-27-23-24-31-30-17(3)32(24)20-13-12-18(35-7)15-19(20)28-23/h12-13,15-16,22H,8-11,14H2,1-7H3,(H,27,28)(H,29,34). The minimum Gasteiger partial charge on any atom is -0.497 e. The second-order valence-corrected chi connectivity index (χ2v) is 10.3. The number of methoxy groups -OCH3 is 1. The highest BCUT2D eigenvalue weighted by molar-refractivity contribution is 5.87. The van der Waals surface area contributed by atoms with E-state index in [1.165, 1.54) is 0 Å². The molecule has 0 bridgehead atoms. The highest BCUT2D eigenvalue weighted by atomic mass is 16.6. The number of alkyl carbamates (subject to hydrolysis) is 1. The Labute approximate surface area is 212 Å². The molecule has 3 aromatic rings. The lowest BCUT2D eigenvalue weighted by Gasteiger charge is -2.25. The highest BCUT2D eigenvalue weighted by Gasteiger charge is 2.26. The van der Waals surface area contributed by atoms with E-state index in [9.17, 15) is 9.59 Å². The van der Waals surface area contributed by atoms with Gasteiger partial charge in [-0.05, 0) is 58.6 Å². The number of carbonyl (C=O) groups excluding carboxylic acids is 2.